The molecule has 1 N–H and O–H groups in total. The highest BCUT2D eigenvalue weighted by molar-refractivity contribution is 5.82. The van der Waals surface area contributed by atoms with Crippen molar-refractivity contribution >= 4 is 5.91 Å². The van der Waals surface area contributed by atoms with Crippen molar-refractivity contribution in [2.24, 2.45) is 5.92 Å². The van der Waals surface area contributed by atoms with E-state index >= 15 is 0 Å². The first-order valence-corrected chi connectivity index (χ1v) is 5.09. The normalized spacial score (nSPS) is 28.9. The van der Waals surface area contributed by atoms with Crippen molar-refractivity contribution in [1.82, 2.24) is 14.9 Å². The summed E-state index contributed by atoms with van der Waals surface area (Å²) in [6.45, 7) is 0.833. The number of hydrogen-bond acceptors (Lipinski definition) is 2. The maximum absolute atomic E-state index is 11.6. The molecule has 2 heterocycles. The van der Waals surface area contributed by atoms with E-state index in [1.165, 1.54) is 0 Å². The molecule has 14 heavy (non-hydrogen) atoms. The van der Waals surface area contributed by atoms with E-state index in [9.17, 15) is 4.79 Å². The van der Waals surface area contributed by atoms with Crippen molar-refractivity contribution < 1.29 is 4.79 Å². The van der Waals surface area contributed by atoms with E-state index in [1.54, 1.807) is 6.20 Å². The van der Waals surface area contributed by atoms with Crippen molar-refractivity contribution in [2.45, 2.75) is 24.8 Å². The highest BCUT2D eigenvalue weighted by Gasteiger charge is 2.54. The van der Waals surface area contributed by atoms with Crippen molar-refractivity contribution in [3.63, 3.8) is 0 Å². The molecule has 2 fully saturated rings. The Morgan fingerprint density at radius 2 is 2.43 bits per heavy atom. The summed E-state index contributed by atoms with van der Waals surface area (Å²) in [5.74, 6) is 0.382. The van der Waals surface area contributed by atoms with Crippen LogP contribution in [0.1, 0.15) is 19.3 Å². The van der Waals surface area contributed by atoms with E-state index in [4.69, 9.17) is 0 Å². The zero-order chi connectivity index (χ0) is 9.60. The molecule has 1 atom stereocenters. The largest absolute Gasteiger partial charge is 0.356 e. The van der Waals surface area contributed by atoms with Crippen LogP contribution in [0, 0.1) is 5.92 Å². The smallest absolute Gasteiger partial charge is 0.225 e. The predicted molar refractivity (Wildman–Crippen MR) is 50.6 cm³/mol. The lowest BCUT2D eigenvalue weighted by Gasteiger charge is -2.21. The first-order valence-electron chi connectivity index (χ1n) is 5.09. The Balaban J connectivity index is 1.94. The maximum atomic E-state index is 11.6. The van der Waals surface area contributed by atoms with Gasteiger partial charge in [-0.2, -0.15) is 0 Å². The van der Waals surface area contributed by atoms with Gasteiger partial charge >= 0.3 is 0 Å². The van der Waals surface area contributed by atoms with Crippen molar-refractivity contribution in [3.05, 3.63) is 18.7 Å². The minimum absolute atomic E-state index is 0.0666. The van der Waals surface area contributed by atoms with Crippen LogP contribution in [0.2, 0.25) is 0 Å². The number of rotatable bonds is 2. The van der Waals surface area contributed by atoms with Crippen LogP contribution in [0.4, 0.5) is 0 Å². The third-order valence-electron chi connectivity index (χ3n) is 3.48. The zero-order valence-corrected chi connectivity index (χ0v) is 7.94. The lowest BCUT2D eigenvalue weighted by molar-refractivity contribution is -0.124. The summed E-state index contributed by atoms with van der Waals surface area (Å²) in [6, 6.07) is 0. The molecule has 0 spiro atoms. The van der Waals surface area contributed by atoms with Crippen LogP contribution in [0.15, 0.2) is 18.7 Å². The molecule has 74 valence electrons. The summed E-state index contributed by atoms with van der Waals surface area (Å²) in [4.78, 5) is 15.7. The van der Waals surface area contributed by atoms with Gasteiger partial charge in [-0.05, 0) is 19.3 Å². The molecule has 1 unspecified atom stereocenters. The van der Waals surface area contributed by atoms with Crippen LogP contribution in [0.5, 0.6) is 0 Å². The number of hydrogen-bond donors (Lipinski definition) is 1. The summed E-state index contributed by atoms with van der Waals surface area (Å²) in [6.07, 6.45) is 8.78. The number of amides is 1. The fourth-order valence-electron chi connectivity index (χ4n) is 2.54. The third kappa shape index (κ3) is 0.937. The Kier molecular flexibility index (Phi) is 1.48. The average Bonchev–Trinajstić information content (AvgIpc) is 2.69. The molecular weight excluding hydrogens is 178 g/mol. The van der Waals surface area contributed by atoms with Gasteiger partial charge in [0, 0.05) is 18.9 Å². The molecule has 0 aromatic carbocycles. The second kappa shape index (κ2) is 2.59. The Hall–Kier alpha value is -1.32. The highest BCUT2D eigenvalue weighted by atomic mass is 16.2. The highest BCUT2D eigenvalue weighted by Crippen LogP contribution is 2.51. The molecule has 1 saturated heterocycles. The quantitative estimate of drug-likeness (QED) is 0.740. The molecule has 4 heteroatoms. The van der Waals surface area contributed by atoms with Gasteiger partial charge in [0.2, 0.25) is 5.91 Å². The molecular formula is C10H13N3O. The molecule has 1 aromatic heterocycles. The summed E-state index contributed by atoms with van der Waals surface area (Å²) in [7, 11) is 0. The number of carbonyl (C=O) groups excluding carboxylic acids is 1. The van der Waals surface area contributed by atoms with Gasteiger partial charge in [0.15, 0.2) is 0 Å². The first kappa shape index (κ1) is 8.03. The Morgan fingerprint density at radius 3 is 2.93 bits per heavy atom. The fourth-order valence-corrected chi connectivity index (χ4v) is 2.54. The van der Waals surface area contributed by atoms with Crippen LogP contribution in [-0.2, 0) is 10.3 Å². The van der Waals surface area contributed by atoms with E-state index < -0.39 is 0 Å². The second-order valence-electron chi connectivity index (χ2n) is 4.21. The minimum atomic E-state index is 0.0666. The van der Waals surface area contributed by atoms with Crippen LogP contribution in [0.25, 0.3) is 0 Å². The molecule has 1 aliphatic carbocycles. The SMILES string of the molecule is O=C1NCCC1C1(n2ccnc2)CC1. The zero-order valence-electron chi connectivity index (χ0n) is 7.94. The Morgan fingerprint density at radius 1 is 1.57 bits per heavy atom. The number of carbonyl (C=O) groups is 1. The minimum Gasteiger partial charge on any atom is -0.356 e. The molecule has 4 nitrogen and oxygen atoms in total. The van der Waals surface area contributed by atoms with Crippen LogP contribution in [0.3, 0.4) is 0 Å². The van der Waals surface area contributed by atoms with E-state index in [2.05, 4.69) is 14.9 Å². The number of imidazole rings is 1. The molecule has 1 aliphatic heterocycles. The molecule has 0 radical (unpaired) electrons. The van der Waals surface area contributed by atoms with Crippen molar-refractivity contribution in [3.8, 4) is 0 Å². The van der Waals surface area contributed by atoms with Crippen LogP contribution < -0.4 is 5.32 Å². The van der Waals surface area contributed by atoms with Gasteiger partial charge in [-0.1, -0.05) is 0 Å². The number of aromatic nitrogens is 2. The number of nitrogens with one attached hydrogen (secondary N) is 1. The summed E-state index contributed by atoms with van der Waals surface area (Å²) < 4.78 is 2.11. The molecule has 1 amide bonds. The lowest BCUT2D eigenvalue weighted by Crippen LogP contribution is -2.32. The molecule has 3 rings (SSSR count). The topological polar surface area (TPSA) is 46.9 Å². The van der Waals surface area contributed by atoms with Gasteiger partial charge in [0.25, 0.3) is 0 Å². The average molecular weight is 191 g/mol. The van der Waals surface area contributed by atoms with Gasteiger partial charge in [-0.15, -0.1) is 0 Å². The Bertz CT molecular complexity index is 353. The van der Waals surface area contributed by atoms with E-state index in [1.807, 2.05) is 12.5 Å². The number of nitrogens with zero attached hydrogens (tertiary/aromatic N) is 2. The van der Waals surface area contributed by atoms with Gasteiger partial charge in [0.1, 0.15) is 0 Å². The van der Waals surface area contributed by atoms with E-state index in [0.717, 1.165) is 25.8 Å². The van der Waals surface area contributed by atoms with Gasteiger partial charge < -0.3 is 9.88 Å². The molecule has 1 aromatic rings. The standard InChI is InChI=1S/C10H13N3O/c14-9-8(1-4-12-9)10(2-3-10)13-6-5-11-7-13/h5-8H,1-4H2,(H,12,14). The van der Waals surface area contributed by atoms with E-state index in [0.29, 0.717) is 0 Å². The second-order valence-corrected chi connectivity index (χ2v) is 4.21. The third-order valence-corrected chi connectivity index (χ3v) is 3.48. The maximum Gasteiger partial charge on any atom is 0.225 e. The summed E-state index contributed by atoms with van der Waals surface area (Å²) in [5.41, 5.74) is 0.0666. The lowest BCUT2D eigenvalue weighted by atomic mass is 9.95. The molecule has 2 aliphatic rings. The monoisotopic (exact) mass is 191 g/mol. The predicted octanol–water partition coefficient (Wildman–Crippen LogP) is 0.508. The fraction of sp³-hybridized carbons (Fsp3) is 0.600. The van der Waals surface area contributed by atoms with Crippen LogP contribution in [-0.4, -0.2) is 22.0 Å². The van der Waals surface area contributed by atoms with Crippen molar-refractivity contribution in [1.29, 1.82) is 0 Å². The van der Waals surface area contributed by atoms with Gasteiger partial charge in [0.05, 0.1) is 17.8 Å². The molecule has 1 saturated carbocycles. The Labute approximate surface area is 82.3 Å². The van der Waals surface area contributed by atoms with Crippen LogP contribution >= 0.6 is 0 Å². The summed E-state index contributed by atoms with van der Waals surface area (Å²) in [5, 5.41) is 2.90. The van der Waals surface area contributed by atoms with Crippen molar-refractivity contribution in [2.75, 3.05) is 6.54 Å². The first-order chi connectivity index (χ1) is 6.83. The van der Waals surface area contributed by atoms with Gasteiger partial charge in [-0.3, -0.25) is 4.79 Å². The van der Waals surface area contributed by atoms with Gasteiger partial charge in [-0.25, -0.2) is 4.98 Å². The molecule has 0 bridgehead atoms. The van der Waals surface area contributed by atoms with E-state index in [-0.39, 0.29) is 17.4 Å². The summed E-state index contributed by atoms with van der Waals surface area (Å²) >= 11 is 0.